The Balaban J connectivity index is 1.84. The van der Waals surface area contributed by atoms with Crippen molar-refractivity contribution >= 4 is 29.1 Å². The largest absolute Gasteiger partial charge is 0.465 e. The number of nitrogens with one attached hydrogen (secondary N) is 2. The molecule has 0 bridgehead atoms. The first-order chi connectivity index (χ1) is 12.9. The van der Waals surface area contributed by atoms with E-state index in [0.717, 1.165) is 17.1 Å². The van der Waals surface area contributed by atoms with Gasteiger partial charge in [-0.25, -0.2) is 9.78 Å². The Morgan fingerprint density at radius 3 is 2.33 bits per heavy atom. The van der Waals surface area contributed by atoms with E-state index in [1.807, 2.05) is 31.2 Å². The maximum atomic E-state index is 11.7. The predicted octanol–water partition coefficient (Wildman–Crippen LogP) is 4.68. The Hall–Kier alpha value is -3.41. The van der Waals surface area contributed by atoms with Crippen LogP contribution in [0.4, 0.5) is 23.1 Å². The lowest BCUT2D eigenvalue weighted by Crippen LogP contribution is -2.04. The molecule has 0 saturated heterocycles. The zero-order valence-electron chi connectivity index (χ0n) is 15.8. The van der Waals surface area contributed by atoms with Crippen molar-refractivity contribution in [2.45, 2.75) is 20.8 Å². The molecule has 6 nitrogen and oxygen atoms in total. The molecule has 0 amide bonds. The van der Waals surface area contributed by atoms with Gasteiger partial charge in [0.25, 0.3) is 0 Å². The molecule has 1 heterocycles. The SMILES string of the molecule is COC(=O)c1cccc(Nc2cc(C)nc(Nc3cc(C)cc(C)c3)n2)c1. The number of anilines is 4. The highest BCUT2D eigenvalue weighted by Crippen LogP contribution is 2.21. The van der Waals surface area contributed by atoms with E-state index in [9.17, 15) is 4.79 Å². The van der Waals surface area contributed by atoms with Crippen LogP contribution in [-0.2, 0) is 4.74 Å². The van der Waals surface area contributed by atoms with Gasteiger partial charge in [0.2, 0.25) is 5.95 Å². The van der Waals surface area contributed by atoms with Gasteiger partial charge in [0.1, 0.15) is 5.82 Å². The van der Waals surface area contributed by atoms with E-state index in [-0.39, 0.29) is 5.97 Å². The fourth-order valence-electron chi connectivity index (χ4n) is 2.85. The van der Waals surface area contributed by atoms with Crippen molar-refractivity contribution in [1.82, 2.24) is 9.97 Å². The van der Waals surface area contributed by atoms with Crippen molar-refractivity contribution < 1.29 is 9.53 Å². The molecule has 0 fully saturated rings. The van der Waals surface area contributed by atoms with Crippen molar-refractivity contribution in [1.29, 1.82) is 0 Å². The highest BCUT2D eigenvalue weighted by molar-refractivity contribution is 5.90. The van der Waals surface area contributed by atoms with Crippen LogP contribution in [0.5, 0.6) is 0 Å². The number of methoxy groups -OCH3 is 1. The molecule has 0 saturated carbocycles. The molecule has 0 aliphatic rings. The van der Waals surface area contributed by atoms with E-state index in [2.05, 4.69) is 40.5 Å². The first-order valence-electron chi connectivity index (χ1n) is 8.59. The average Bonchev–Trinajstić information content (AvgIpc) is 2.59. The first kappa shape index (κ1) is 18.4. The lowest BCUT2D eigenvalue weighted by atomic mass is 10.1. The van der Waals surface area contributed by atoms with Crippen molar-refractivity contribution in [2.24, 2.45) is 0 Å². The third-order valence-electron chi connectivity index (χ3n) is 3.89. The normalized spacial score (nSPS) is 10.4. The van der Waals surface area contributed by atoms with Gasteiger partial charge in [0.15, 0.2) is 0 Å². The fraction of sp³-hybridized carbons (Fsp3) is 0.190. The maximum absolute atomic E-state index is 11.7. The highest BCUT2D eigenvalue weighted by Gasteiger charge is 2.08. The fourth-order valence-corrected chi connectivity index (χ4v) is 2.85. The topological polar surface area (TPSA) is 76.1 Å². The summed E-state index contributed by atoms with van der Waals surface area (Å²) in [4.78, 5) is 20.7. The number of hydrogen-bond acceptors (Lipinski definition) is 6. The number of benzene rings is 2. The van der Waals surface area contributed by atoms with Crippen LogP contribution in [0.3, 0.4) is 0 Å². The van der Waals surface area contributed by atoms with Crippen LogP contribution in [0.2, 0.25) is 0 Å². The van der Waals surface area contributed by atoms with Gasteiger partial charge < -0.3 is 15.4 Å². The number of carbonyl (C=O) groups excluding carboxylic acids is 1. The van der Waals surface area contributed by atoms with Gasteiger partial charge in [-0.15, -0.1) is 0 Å². The molecule has 2 aromatic carbocycles. The van der Waals surface area contributed by atoms with E-state index in [0.29, 0.717) is 17.3 Å². The second-order valence-electron chi connectivity index (χ2n) is 6.42. The van der Waals surface area contributed by atoms with E-state index < -0.39 is 0 Å². The maximum Gasteiger partial charge on any atom is 0.337 e. The molecule has 0 atom stereocenters. The Morgan fingerprint density at radius 1 is 0.889 bits per heavy atom. The number of esters is 1. The minimum absolute atomic E-state index is 0.380. The second-order valence-corrected chi connectivity index (χ2v) is 6.42. The summed E-state index contributed by atoms with van der Waals surface area (Å²) < 4.78 is 4.76. The third-order valence-corrected chi connectivity index (χ3v) is 3.89. The molecular formula is C21H22N4O2. The summed E-state index contributed by atoms with van der Waals surface area (Å²) in [7, 11) is 1.36. The molecule has 1 aromatic heterocycles. The van der Waals surface area contributed by atoms with Crippen molar-refractivity contribution in [3.63, 3.8) is 0 Å². The van der Waals surface area contributed by atoms with Gasteiger partial charge in [-0.2, -0.15) is 4.98 Å². The molecule has 27 heavy (non-hydrogen) atoms. The first-order valence-corrected chi connectivity index (χ1v) is 8.59. The van der Waals surface area contributed by atoms with E-state index in [1.54, 1.807) is 18.2 Å². The lowest BCUT2D eigenvalue weighted by molar-refractivity contribution is 0.0601. The second kappa shape index (κ2) is 7.86. The summed E-state index contributed by atoms with van der Waals surface area (Å²) >= 11 is 0. The molecule has 3 rings (SSSR count). The number of nitrogens with zero attached hydrogens (tertiary/aromatic N) is 2. The van der Waals surface area contributed by atoms with Crippen LogP contribution in [0.1, 0.15) is 27.2 Å². The van der Waals surface area contributed by atoms with Gasteiger partial charge in [-0.05, 0) is 62.2 Å². The van der Waals surface area contributed by atoms with E-state index in [1.165, 1.54) is 18.2 Å². The highest BCUT2D eigenvalue weighted by atomic mass is 16.5. The number of carbonyl (C=O) groups is 1. The van der Waals surface area contributed by atoms with Crippen LogP contribution in [0, 0.1) is 20.8 Å². The summed E-state index contributed by atoms with van der Waals surface area (Å²) in [5, 5.41) is 6.47. The van der Waals surface area contributed by atoms with Crippen LogP contribution in [-0.4, -0.2) is 23.0 Å². The summed E-state index contributed by atoms with van der Waals surface area (Å²) in [6, 6.07) is 15.1. The molecule has 6 heteroatoms. The number of aromatic nitrogens is 2. The molecule has 0 aliphatic carbocycles. The average molecular weight is 362 g/mol. The lowest BCUT2D eigenvalue weighted by Gasteiger charge is -2.11. The minimum atomic E-state index is -0.380. The summed E-state index contributed by atoms with van der Waals surface area (Å²) in [6.45, 7) is 6.01. The number of ether oxygens (including phenoxy) is 1. The Labute approximate surface area is 158 Å². The van der Waals surface area contributed by atoms with Gasteiger partial charge in [-0.1, -0.05) is 12.1 Å². The minimum Gasteiger partial charge on any atom is -0.465 e. The van der Waals surface area contributed by atoms with Crippen molar-refractivity contribution in [3.8, 4) is 0 Å². The third kappa shape index (κ3) is 4.82. The Kier molecular flexibility index (Phi) is 5.35. The molecular weight excluding hydrogens is 340 g/mol. The monoisotopic (exact) mass is 362 g/mol. The van der Waals surface area contributed by atoms with Crippen LogP contribution in [0.15, 0.2) is 48.5 Å². The van der Waals surface area contributed by atoms with E-state index in [4.69, 9.17) is 4.74 Å². The summed E-state index contributed by atoms with van der Waals surface area (Å²) in [5.41, 5.74) is 5.32. The van der Waals surface area contributed by atoms with E-state index >= 15 is 0 Å². The van der Waals surface area contributed by atoms with Gasteiger partial charge in [0, 0.05) is 23.1 Å². The van der Waals surface area contributed by atoms with Crippen LogP contribution < -0.4 is 10.6 Å². The molecule has 0 unspecified atom stereocenters. The zero-order chi connectivity index (χ0) is 19.4. The molecule has 0 spiro atoms. The van der Waals surface area contributed by atoms with Crippen molar-refractivity contribution in [3.05, 3.63) is 70.9 Å². The van der Waals surface area contributed by atoms with Crippen molar-refractivity contribution in [2.75, 3.05) is 17.7 Å². The quantitative estimate of drug-likeness (QED) is 0.642. The van der Waals surface area contributed by atoms with Gasteiger partial charge >= 0.3 is 5.97 Å². The number of hydrogen-bond donors (Lipinski definition) is 2. The molecule has 0 aliphatic heterocycles. The Morgan fingerprint density at radius 2 is 1.63 bits per heavy atom. The summed E-state index contributed by atoms with van der Waals surface area (Å²) in [6.07, 6.45) is 0. The Bertz CT molecular complexity index is 965. The smallest absolute Gasteiger partial charge is 0.337 e. The van der Waals surface area contributed by atoms with Gasteiger partial charge in [0.05, 0.1) is 12.7 Å². The standard InChI is InChI=1S/C21H22N4O2/c1-13-8-14(2)10-18(9-13)24-21-22-15(3)11-19(25-21)23-17-7-5-6-16(12-17)20(26)27-4/h5-12H,1-4H3,(H2,22,23,24,25). The summed E-state index contributed by atoms with van der Waals surface area (Å²) in [5.74, 6) is 0.762. The molecule has 2 N–H and O–H groups in total. The molecule has 0 radical (unpaired) electrons. The zero-order valence-corrected chi connectivity index (χ0v) is 15.8. The number of aryl methyl sites for hydroxylation is 3. The van der Waals surface area contributed by atoms with Gasteiger partial charge in [-0.3, -0.25) is 0 Å². The van der Waals surface area contributed by atoms with Crippen LogP contribution >= 0.6 is 0 Å². The van der Waals surface area contributed by atoms with Crippen LogP contribution in [0.25, 0.3) is 0 Å². The predicted molar refractivity (Wildman–Crippen MR) is 107 cm³/mol. The number of rotatable bonds is 5. The molecule has 3 aromatic rings. The molecule has 138 valence electrons.